The molecule has 17 heavy (non-hydrogen) atoms. The van der Waals surface area contributed by atoms with Gasteiger partial charge in [0.05, 0.1) is 17.3 Å². The number of H-pyrrole nitrogens is 1. The zero-order valence-electron chi connectivity index (χ0n) is 10.0. The Bertz CT molecular complexity index is 353. The highest BCUT2D eigenvalue weighted by molar-refractivity contribution is 5.95. The van der Waals surface area contributed by atoms with Crippen LogP contribution in [0.15, 0.2) is 12.4 Å². The van der Waals surface area contributed by atoms with Crippen LogP contribution in [0.1, 0.15) is 38.5 Å². The van der Waals surface area contributed by atoms with Crippen LogP contribution in [0.4, 0.5) is 5.69 Å². The Kier molecular flexibility index (Phi) is 3.78. The third kappa shape index (κ3) is 2.66. The highest BCUT2D eigenvalue weighted by Crippen LogP contribution is 2.35. The summed E-state index contributed by atoms with van der Waals surface area (Å²) in [5.41, 5.74) is 6.19. The number of hydrogen-bond donors (Lipinski definition) is 3. The summed E-state index contributed by atoms with van der Waals surface area (Å²) in [7, 11) is 0. The number of nitrogens with one attached hydrogen (secondary N) is 2. The van der Waals surface area contributed by atoms with Crippen LogP contribution in [0.3, 0.4) is 0 Å². The number of nitrogens with zero attached hydrogens (tertiary/aromatic N) is 1. The van der Waals surface area contributed by atoms with Gasteiger partial charge in [0, 0.05) is 12.7 Å². The maximum atomic E-state index is 12.3. The lowest BCUT2D eigenvalue weighted by Crippen LogP contribution is -2.42. The number of nitrogens with two attached hydrogens (primary N) is 1. The van der Waals surface area contributed by atoms with E-state index in [-0.39, 0.29) is 11.3 Å². The number of carbonyl (C=O) groups excluding carboxylic acids is 1. The zero-order chi connectivity index (χ0) is 12.1. The molecule has 0 spiro atoms. The molecule has 0 aliphatic heterocycles. The Morgan fingerprint density at radius 1 is 1.41 bits per heavy atom. The first-order chi connectivity index (χ1) is 8.27. The van der Waals surface area contributed by atoms with Crippen molar-refractivity contribution in [2.45, 2.75) is 38.5 Å². The van der Waals surface area contributed by atoms with Crippen LogP contribution < -0.4 is 11.1 Å². The third-order valence-electron chi connectivity index (χ3n) is 3.69. The van der Waals surface area contributed by atoms with Gasteiger partial charge in [-0.1, -0.05) is 25.7 Å². The van der Waals surface area contributed by atoms with Crippen molar-refractivity contribution in [3.63, 3.8) is 0 Å². The summed E-state index contributed by atoms with van der Waals surface area (Å²) < 4.78 is 0. The van der Waals surface area contributed by atoms with E-state index in [2.05, 4.69) is 15.5 Å². The molecule has 94 valence electrons. The van der Waals surface area contributed by atoms with Gasteiger partial charge in [0.1, 0.15) is 0 Å². The molecule has 1 aromatic rings. The number of hydrogen-bond acceptors (Lipinski definition) is 3. The quantitative estimate of drug-likeness (QED) is 0.698. The van der Waals surface area contributed by atoms with E-state index < -0.39 is 0 Å². The van der Waals surface area contributed by atoms with Crippen molar-refractivity contribution in [1.82, 2.24) is 10.2 Å². The van der Waals surface area contributed by atoms with Crippen LogP contribution in [0.2, 0.25) is 0 Å². The average molecular weight is 236 g/mol. The highest BCUT2D eigenvalue weighted by Gasteiger charge is 2.37. The minimum Gasteiger partial charge on any atom is -0.329 e. The van der Waals surface area contributed by atoms with Crippen LogP contribution >= 0.6 is 0 Å². The van der Waals surface area contributed by atoms with Crippen molar-refractivity contribution >= 4 is 11.6 Å². The van der Waals surface area contributed by atoms with E-state index in [1.54, 1.807) is 12.4 Å². The summed E-state index contributed by atoms with van der Waals surface area (Å²) in [5, 5.41) is 9.40. The lowest BCUT2D eigenvalue weighted by atomic mass is 9.79. The average Bonchev–Trinajstić information content (AvgIpc) is 2.72. The topological polar surface area (TPSA) is 83.8 Å². The van der Waals surface area contributed by atoms with E-state index in [4.69, 9.17) is 5.73 Å². The molecular weight excluding hydrogens is 216 g/mol. The second-order valence-corrected chi connectivity index (χ2v) is 4.84. The van der Waals surface area contributed by atoms with Crippen LogP contribution in [0.25, 0.3) is 0 Å². The lowest BCUT2D eigenvalue weighted by molar-refractivity contribution is -0.125. The number of carbonyl (C=O) groups is 1. The molecule has 2 rings (SSSR count). The second kappa shape index (κ2) is 5.31. The Morgan fingerprint density at radius 3 is 2.65 bits per heavy atom. The molecule has 5 nitrogen and oxygen atoms in total. The second-order valence-electron chi connectivity index (χ2n) is 4.84. The monoisotopic (exact) mass is 236 g/mol. The van der Waals surface area contributed by atoms with Gasteiger partial charge < -0.3 is 11.1 Å². The number of aromatic nitrogens is 2. The zero-order valence-corrected chi connectivity index (χ0v) is 10.0. The molecule has 1 fully saturated rings. The van der Waals surface area contributed by atoms with Crippen LogP contribution in [-0.4, -0.2) is 22.6 Å². The summed E-state index contributed by atoms with van der Waals surface area (Å²) in [5.74, 6) is 0.0447. The third-order valence-corrected chi connectivity index (χ3v) is 3.69. The van der Waals surface area contributed by atoms with Gasteiger partial charge in [-0.15, -0.1) is 0 Å². The van der Waals surface area contributed by atoms with Gasteiger partial charge >= 0.3 is 0 Å². The van der Waals surface area contributed by atoms with Crippen molar-refractivity contribution in [3.8, 4) is 0 Å². The molecule has 0 atom stereocenters. The van der Waals surface area contributed by atoms with Gasteiger partial charge in [-0.05, 0) is 12.8 Å². The van der Waals surface area contributed by atoms with Gasteiger partial charge in [-0.3, -0.25) is 9.89 Å². The van der Waals surface area contributed by atoms with Crippen molar-refractivity contribution in [2.24, 2.45) is 11.1 Å². The standard InChI is InChI=1S/C12H20N4O/c13-9-12(5-3-1-2-4-6-12)11(17)16-10-7-14-15-8-10/h7-8H,1-6,9,13H2,(H,14,15)(H,16,17). The van der Waals surface area contributed by atoms with E-state index in [1.807, 2.05) is 0 Å². The van der Waals surface area contributed by atoms with E-state index in [9.17, 15) is 4.79 Å². The van der Waals surface area contributed by atoms with Gasteiger partial charge in [-0.2, -0.15) is 5.10 Å². The summed E-state index contributed by atoms with van der Waals surface area (Å²) >= 11 is 0. The van der Waals surface area contributed by atoms with Gasteiger partial charge in [0.25, 0.3) is 0 Å². The molecule has 0 bridgehead atoms. The van der Waals surface area contributed by atoms with Gasteiger partial charge in [0.15, 0.2) is 0 Å². The molecular formula is C12H20N4O. The molecule has 1 heterocycles. The SMILES string of the molecule is NCC1(C(=O)Nc2cn[nH]c2)CCCCCC1. The molecule has 1 amide bonds. The molecule has 1 saturated carbocycles. The summed E-state index contributed by atoms with van der Waals surface area (Å²) in [6.07, 6.45) is 9.69. The van der Waals surface area contributed by atoms with Crippen LogP contribution in [0, 0.1) is 5.41 Å². The number of aromatic amines is 1. The first-order valence-electron chi connectivity index (χ1n) is 6.27. The van der Waals surface area contributed by atoms with Crippen molar-refractivity contribution in [3.05, 3.63) is 12.4 Å². The Labute approximate surface area is 101 Å². The fourth-order valence-corrected chi connectivity index (χ4v) is 2.51. The fourth-order valence-electron chi connectivity index (χ4n) is 2.51. The fraction of sp³-hybridized carbons (Fsp3) is 0.667. The molecule has 1 aromatic heterocycles. The van der Waals surface area contributed by atoms with E-state index in [0.717, 1.165) is 25.7 Å². The Balaban J connectivity index is 2.07. The molecule has 1 aliphatic carbocycles. The summed E-state index contributed by atoms with van der Waals surface area (Å²) in [6.45, 7) is 0.427. The molecule has 0 unspecified atom stereocenters. The molecule has 0 saturated heterocycles. The predicted molar refractivity (Wildman–Crippen MR) is 66.4 cm³/mol. The molecule has 0 aromatic carbocycles. The lowest BCUT2D eigenvalue weighted by Gasteiger charge is -2.29. The summed E-state index contributed by atoms with van der Waals surface area (Å²) in [4.78, 5) is 12.3. The van der Waals surface area contributed by atoms with Crippen molar-refractivity contribution in [1.29, 1.82) is 0 Å². The van der Waals surface area contributed by atoms with E-state index >= 15 is 0 Å². The van der Waals surface area contributed by atoms with Crippen LogP contribution in [-0.2, 0) is 4.79 Å². The molecule has 0 radical (unpaired) electrons. The first-order valence-corrected chi connectivity index (χ1v) is 6.27. The van der Waals surface area contributed by atoms with Crippen LogP contribution in [0.5, 0.6) is 0 Å². The van der Waals surface area contributed by atoms with Crippen molar-refractivity contribution in [2.75, 3.05) is 11.9 Å². The molecule has 4 N–H and O–H groups in total. The predicted octanol–water partition coefficient (Wildman–Crippen LogP) is 1.65. The maximum absolute atomic E-state index is 12.3. The Hall–Kier alpha value is -1.36. The van der Waals surface area contributed by atoms with Gasteiger partial charge in [0.2, 0.25) is 5.91 Å². The number of anilines is 1. The van der Waals surface area contributed by atoms with Gasteiger partial charge in [-0.25, -0.2) is 0 Å². The summed E-state index contributed by atoms with van der Waals surface area (Å²) in [6, 6.07) is 0. The first kappa shape index (κ1) is 12.1. The maximum Gasteiger partial charge on any atom is 0.231 e. The van der Waals surface area contributed by atoms with E-state index in [1.165, 1.54) is 12.8 Å². The molecule has 1 aliphatic rings. The Morgan fingerprint density at radius 2 is 2.12 bits per heavy atom. The highest BCUT2D eigenvalue weighted by atomic mass is 16.2. The largest absolute Gasteiger partial charge is 0.329 e. The smallest absolute Gasteiger partial charge is 0.231 e. The van der Waals surface area contributed by atoms with E-state index in [0.29, 0.717) is 12.2 Å². The number of rotatable bonds is 3. The molecule has 5 heteroatoms. The number of amides is 1. The minimum atomic E-state index is -0.381. The normalized spacial score (nSPS) is 19.6. The minimum absolute atomic E-state index is 0.0447. The van der Waals surface area contributed by atoms with Crippen molar-refractivity contribution < 1.29 is 4.79 Å².